The summed E-state index contributed by atoms with van der Waals surface area (Å²) in [6, 6.07) is 16.6. The van der Waals surface area contributed by atoms with Crippen LogP contribution in [0.15, 0.2) is 101 Å². The largest absolute Gasteiger partial charge is 0.452 e. The Morgan fingerprint density at radius 1 is 0.711 bits per heavy atom. The lowest BCUT2D eigenvalue weighted by molar-refractivity contribution is -0.138. The third-order valence-electron chi connectivity index (χ3n) is 6.78. The molecule has 0 saturated carbocycles. The van der Waals surface area contributed by atoms with Crippen LogP contribution in [0.5, 0.6) is 23.1 Å². The SMILES string of the molecule is CCc1cccc(CC)c1O/C(=C1\C=C(F)C(Oc2ccc(C(F)(F)F)cc2)=N1)c1ccc(Oc2ccc(C(F)(F)F)cc2)[nH]1. The van der Waals surface area contributed by atoms with Gasteiger partial charge >= 0.3 is 12.4 Å². The third kappa shape index (κ3) is 7.22. The number of halogens is 7. The standard InChI is InChI=1S/C33H25F7N2O3/c1-3-19-6-5-7-20(4-2)29(19)45-30(26-16-17-28(41-26)43-23-12-8-21(9-13-23)32(35,36)37)27-18-25(34)31(42-27)44-24-14-10-22(11-15-24)33(38,39)40/h5-18,41H,3-4H2,1-2H3/b30-27+. The van der Waals surface area contributed by atoms with Crippen molar-refractivity contribution in [3.05, 3.63) is 124 Å². The summed E-state index contributed by atoms with van der Waals surface area (Å²) in [5, 5.41) is 0. The lowest BCUT2D eigenvalue weighted by Crippen LogP contribution is -2.08. The van der Waals surface area contributed by atoms with Gasteiger partial charge in [-0.1, -0.05) is 32.0 Å². The number of H-pyrrole nitrogens is 1. The molecule has 0 saturated heterocycles. The third-order valence-corrected chi connectivity index (χ3v) is 6.78. The highest BCUT2D eigenvalue weighted by Gasteiger charge is 2.31. The van der Waals surface area contributed by atoms with Crippen molar-refractivity contribution in [2.24, 2.45) is 4.99 Å². The van der Waals surface area contributed by atoms with Gasteiger partial charge in [0.15, 0.2) is 17.5 Å². The summed E-state index contributed by atoms with van der Waals surface area (Å²) >= 11 is 0. The number of aromatic nitrogens is 1. The number of aryl methyl sites for hydroxylation is 2. The van der Waals surface area contributed by atoms with Crippen molar-refractivity contribution in [3.8, 4) is 23.1 Å². The summed E-state index contributed by atoms with van der Waals surface area (Å²) in [6.07, 6.45) is -6.74. The van der Waals surface area contributed by atoms with Gasteiger partial charge in [0.1, 0.15) is 22.9 Å². The summed E-state index contributed by atoms with van der Waals surface area (Å²) in [6.45, 7) is 3.89. The van der Waals surface area contributed by atoms with E-state index in [1.165, 1.54) is 18.2 Å². The molecular weight excluding hydrogens is 605 g/mol. The maximum atomic E-state index is 15.1. The van der Waals surface area contributed by atoms with Gasteiger partial charge in [-0.3, -0.25) is 0 Å². The Balaban J connectivity index is 1.51. The Morgan fingerprint density at radius 2 is 1.24 bits per heavy atom. The van der Waals surface area contributed by atoms with Crippen LogP contribution in [0.1, 0.15) is 41.8 Å². The van der Waals surface area contributed by atoms with E-state index in [4.69, 9.17) is 14.2 Å². The van der Waals surface area contributed by atoms with Crippen LogP contribution in [0.25, 0.3) is 5.76 Å². The fraction of sp³-hybridized carbons (Fsp3) is 0.182. The molecule has 0 aliphatic carbocycles. The van der Waals surface area contributed by atoms with Gasteiger partial charge < -0.3 is 19.2 Å². The number of hydrogen-bond donors (Lipinski definition) is 1. The van der Waals surface area contributed by atoms with E-state index in [1.807, 2.05) is 32.0 Å². The van der Waals surface area contributed by atoms with Gasteiger partial charge in [0.25, 0.3) is 5.90 Å². The minimum Gasteiger partial charge on any atom is -0.452 e. The van der Waals surface area contributed by atoms with Gasteiger partial charge in [0, 0.05) is 12.1 Å². The fourth-order valence-corrected chi connectivity index (χ4v) is 4.47. The summed E-state index contributed by atoms with van der Waals surface area (Å²) in [5.41, 5.74) is 0.318. The number of nitrogens with zero attached hydrogens (tertiary/aromatic N) is 1. The summed E-state index contributed by atoms with van der Waals surface area (Å²) in [4.78, 5) is 7.22. The molecule has 3 aromatic carbocycles. The van der Waals surface area contributed by atoms with Crippen molar-refractivity contribution in [2.45, 2.75) is 39.0 Å². The lowest BCUT2D eigenvalue weighted by atomic mass is 10.0. The van der Waals surface area contributed by atoms with E-state index < -0.39 is 35.2 Å². The molecule has 4 aromatic rings. The van der Waals surface area contributed by atoms with E-state index in [2.05, 4.69) is 9.98 Å². The zero-order valence-electron chi connectivity index (χ0n) is 23.8. The molecule has 1 N–H and O–H groups in total. The summed E-state index contributed by atoms with van der Waals surface area (Å²) < 4.78 is 110. The number of rotatable bonds is 8. The number of ether oxygens (including phenoxy) is 3. The molecule has 1 aromatic heterocycles. The summed E-state index contributed by atoms with van der Waals surface area (Å²) in [7, 11) is 0. The Morgan fingerprint density at radius 3 is 1.76 bits per heavy atom. The van der Waals surface area contributed by atoms with Gasteiger partial charge in [-0.2, -0.15) is 26.3 Å². The molecule has 1 aliphatic rings. The highest BCUT2D eigenvalue weighted by Crippen LogP contribution is 2.36. The number of allylic oxidation sites excluding steroid dienone is 1. The molecule has 0 bridgehead atoms. The second-order valence-corrected chi connectivity index (χ2v) is 9.82. The number of aromatic amines is 1. The average molecular weight is 631 g/mol. The van der Waals surface area contributed by atoms with Gasteiger partial charge in [-0.25, -0.2) is 9.38 Å². The second-order valence-electron chi connectivity index (χ2n) is 9.82. The molecule has 0 spiro atoms. The van der Waals surface area contributed by atoms with Gasteiger partial charge in [-0.05, 0) is 78.6 Å². The highest BCUT2D eigenvalue weighted by atomic mass is 19.4. The quantitative estimate of drug-likeness (QED) is 0.156. The van der Waals surface area contributed by atoms with Crippen LogP contribution in [0.4, 0.5) is 30.7 Å². The lowest BCUT2D eigenvalue weighted by Gasteiger charge is -2.17. The molecule has 0 fully saturated rings. The molecule has 1 aliphatic heterocycles. The predicted molar refractivity (Wildman–Crippen MR) is 154 cm³/mol. The molecule has 45 heavy (non-hydrogen) atoms. The monoisotopic (exact) mass is 630 g/mol. The van der Waals surface area contributed by atoms with Crippen LogP contribution in [-0.4, -0.2) is 10.9 Å². The zero-order chi connectivity index (χ0) is 32.4. The van der Waals surface area contributed by atoms with E-state index >= 15 is 4.39 Å². The molecule has 234 valence electrons. The van der Waals surface area contributed by atoms with Crippen LogP contribution in [-0.2, 0) is 25.2 Å². The molecule has 12 heteroatoms. The molecule has 0 radical (unpaired) electrons. The first-order valence-corrected chi connectivity index (χ1v) is 13.7. The van der Waals surface area contributed by atoms with Crippen molar-refractivity contribution in [1.29, 1.82) is 0 Å². The van der Waals surface area contributed by atoms with E-state index in [1.54, 1.807) is 6.07 Å². The number of para-hydroxylation sites is 1. The van der Waals surface area contributed by atoms with Crippen LogP contribution >= 0.6 is 0 Å². The molecular formula is C33H25F7N2O3. The smallest absolute Gasteiger partial charge is 0.416 e. The van der Waals surface area contributed by atoms with E-state index in [-0.39, 0.29) is 28.8 Å². The number of aliphatic imine (C=N–C) groups is 1. The normalized spacial score (nSPS) is 14.6. The molecule has 2 heterocycles. The minimum atomic E-state index is -4.55. The van der Waals surface area contributed by atoms with Crippen LogP contribution in [0.3, 0.4) is 0 Å². The van der Waals surface area contributed by atoms with E-state index in [0.717, 1.165) is 53.6 Å². The highest BCUT2D eigenvalue weighted by molar-refractivity contribution is 5.98. The molecule has 0 unspecified atom stereocenters. The Kier molecular flexibility index (Phi) is 8.76. The van der Waals surface area contributed by atoms with E-state index in [9.17, 15) is 26.3 Å². The molecule has 5 nitrogen and oxygen atoms in total. The molecule has 0 amide bonds. The first kappa shape index (κ1) is 31.4. The van der Waals surface area contributed by atoms with Gasteiger partial charge in [-0.15, -0.1) is 0 Å². The number of alkyl halides is 6. The van der Waals surface area contributed by atoms with Crippen molar-refractivity contribution in [2.75, 3.05) is 0 Å². The van der Waals surface area contributed by atoms with Crippen molar-refractivity contribution < 1.29 is 44.9 Å². The second kappa shape index (κ2) is 12.5. The maximum absolute atomic E-state index is 15.1. The topological polar surface area (TPSA) is 55.8 Å². The van der Waals surface area contributed by atoms with Crippen LogP contribution < -0.4 is 14.2 Å². The van der Waals surface area contributed by atoms with Gasteiger partial charge in [0.05, 0.1) is 16.8 Å². The molecule has 0 atom stereocenters. The Bertz CT molecular complexity index is 1740. The first-order valence-electron chi connectivity index (χ1n) is 13.7. The minimum absolute atomic E-state index is 0.00491. The first-order chi connectivity index (χ1) is 21.4. The maximum Gasteiger partial charge on any atom is 0.416 e. The summed E-state index contributed by atoms with van der Waals surface area (Å²) in [5.74, 6) is -0.547. The van der Waals surface area contributed by atoms with E-state index in [0.29, 0.717) is 24.3 Å². The van der Waals surface area contributed by atoms with Gasteiger partial charge in [0.2, 0.25) is 0 Å². The van der Waals surface area contributed by atoms with Crippen molar-refractivity contribution in [1.82, 2.24) is 4.98 Å². The van der Waals surface area contributed by atoms with Crippen molar-refractivity contribution in [3.63, 3.8) is 0 Å². The fourth-order valence-electron chi connectivity index (χ4n) is 4.47. The molecule has 5 rings (SSSR count). The predicted octanol–water partition coefficient (Wildman–Crippen LogP) is 10.1. The Labute approximate surface area is 253 Å². The Hall–Kier alpha value is -5.00. The van der Waals surface area contributed by atoms with Crippen LogP contribution in [0.2, 0.25) is 0 Å². The average Bonchev–Trinajstić information content (AvgIpc) is 3.61. The van der Waals surface area contributed by atoms with Crippen molar-refractivity contribution >= 4 is 11.7 Å². The zero-order valence-corrected chi connectivity index (χ0v) is 23.8. The number of nitrogens with one attached hydrogen (secondary N) is 1. The number of hydrogen-bond acceptors (Lipinski definition) is 4. The number of benzene rings is 3. The van der Waals surface area contributed by atoms with Crippen LogP contribution in [0, 0.1) is 0 Å².